The average molecular weight is 659 g/mol. The Morgan fingerprint density at radius 1 is 0.660 bits per heavy atom. The van der Waals surface area contributed by atoms with E-state index in [1.165, 1.54) is 0 Å². The number of amides is 3. The third-order valence-corrected chi connectivity index (χ3v) is 8.29. The van der Waals surface area contributed by atoms with E-state index in [0.29, 0.717) is 11.1 Å². The maximum absolute atomic E-state index is 14.3. The standard InChI is InChI=1S/C38H34N4O3S2/c39-36(46)32-19-21-33(22-20-32)38(45)42(25-27-13-17-31(18-14-27)29-9-5-2-6-10-29)34(37(44)40-24-35(43)41-47)23-26-11-15-30(16-12-26)28-7-3-1-4-8-28/h1-22,34,47H,23-25H2,(H2,39,46)(H,40,44)(H,41,43). The van der Waals surface area contributed by atoms with Crippen molar-refractivity contribution in [3.8, 4) is 22.3 Å². The lowest BCUT2D eigenvalue weighted by atomic mass is 9.98. The van der Waals surface area contributed by atoms with Gasteiger partial charge in [0.2, 0.25) is 11.8 Å². The van der Waals surface area contributed by atoms with E-state index in [2.05, 4.69) is 22.9 Å². The Hall–Kier alpha value is -5.25. The second-order valence-corrected chi connectivity index (χ2v) is 11.6. The molecule has 3 amide bonds. The molecule has 0 fully saturated rings. The normalized spacial score (nSPS) is 11.3. The van der Waals surface area contributed by atoms with Gasteiger partial charge in [0.15, 0.2) is 0 Å². The van der Waals surface area contributed by atoms with Gasteiger partial charge in [-0.05, 0) is 45.5 Å². The minimum Gasteiger partial charge on any atom is -0.389 e. The van der Waals surface area contributed by atoms with Gasteiger partial charge in [-0.2, -0.15) is 0 Å². The smallest absolute Gasteiger partial charge is 0.254 e. The van der Waals surface area contributed by atoms with Crippen LogP contribution in [-0.2, 0) is 22.6 Å². The molecular weight excluding hydrogens is 625 g/mol. The van der Waals surface area contributed by atoms with Gasteiger partial charge in [0.05, 0.1) is 6.54 Å². The van der Waals surface area contributed by atoms with Gasteiger partial charge in [-0.25, -0.2) is 0 Å². The van der Waals surface area contributed by atoms with Crippen LogP contribution in [0.25, 0.3) is 22.3 Å². The number of benzene rings is 5. The van der Waals surface area contributed by atoms with E-state index in [9.17, 15) is 14.4 Å². The van der Waals surface area contributed by atoms with Crippen LogP contribution < -0.4 is 15.8 Å². The zero-order valence-corrected chi connectivity index (χ0v) is 27.2. The Morgan fingerprint density at radius 2 is 1.13 bits per heavy atom. The Labute approximate surface area is 285 Å². The van der Waals surface area contributed by atoms with E-state index < -0.39 is 17.9 Å². The summed E-state index contributed by atoms with van der Waals surface area (Å²) in [7, 11) is 0. The van der Waals surface area contributed by atoms with Crippen molar-refractivity contribution in [3.63, 3.8) is 0 Å². The van der Waals surface area contributed by atoms with E-state index in [1.54, 1.807) is 29.2 Å². The van der Waals surface area contributed by atoms with Gasteiger partial charge in [-0.3, -0.25) is 14.4 Å². The molecule has 0 saturated heterocycles. The van der Waals surface area contributed by atoms with Gasteiger partial charge in [0, 0.05) is 24.1 Å². The highest BCUT2D eigenvalue weighted by molar-refractivity contribution is 7.80. The third-order valence-electron chi connectivity index (χ3n) is 7.81. The van der Waals surface area contributed by atoms with Crippen LogP contribution in [0.2, 0.25) is 0 Å². The van der Waals surface area contributed by atoms with Gasteiger partial charge in [0.25, 0.3) is 5.91 Å². The molecule has 5 aromatic carbocycles. The Balaban J connectivity index is 1.50. The van der Waals surface area contributed by atoms with Crippen LogP contribution in [0.5, 0.6) is 0 Å². The molecule has 1 unspecified atom stereocenters. The highest BCUT2D eigenvalue weighted by Gasteiger charge is 2.31. The van der Waals surface area contributed by atoms with E-state index >= 15 is 0 Å². The van der Waals surface area contributed by atoms with Crippen molar-refractivity contribution in [1.82, 2.24) is 14.9 Å². The predicted octanol–water partition coefficient (Wildman–Crippen LogP) is 5.99. The van der Waals surface area contributed by atoms with Crippen molar-refractivity contribution in [3.05, 3.63) is 156 Å². The van der Waals surface area contributed by atoms with Gasteiger partial charge in [0.1, 0.15) is 11.0 Å². The first-order chi connectivity index (χ1) is 22.8. The molecule has 47 heavy (non-hydrogen) atoms. The fourth-order valence-corrected chi connectivity index (χ4v) is 5.47. The number of nitrogens with zero attached hydrogens (tertiary/aromatic N) is 1. The van der Waals surface area contributed by atoms with Crippen molar-refractivity contribution in [2.45, 2.75) is 19.0 Å². The average Bonchev–Trinajstić information content (AvgIpc) is 3.13. The van der Waals surface area contributed by atoms with Crippen LogP contribution in [0.4, 0.5) is 0 Å². The first-order valence-electron chi connectivity index (χ1n) is 15.0. The molecule has 0 aliphatic rings. The molecule has 0 saturated carbocycles. The van der Waals surface area contributed by atoms with Crippen LogP contribution in [-0.4, -0.2) is 40.2 Å². The summed E-state index contributed by atoms with van der Waals surface area (Å²) in [5, 5.41) is 2.69. The number of hydrogen-bond acceptors (Lipinski definition) is 5. The molecule has 0 bridgehead atoms. The lowest BCUT2D eigenvalue weighted by Gasteiger charge is -2.31. The van der Waals surface area contributed by atoms with E-state index in [0.717, 1.165) is 33.4 Å². The predicted molar refractivity (Wildman–Crippen MR) is 194 cm³/mol. The molecule has 5 rings (SSSR count). The van der Waals surface area contributed by atoms with Crippen molar-refractivity contribution >= 4 is 47.7 Å². The first kappa shape index (κ1) is 33.1. The fraction of sp³-hybridized carbons (Fsp3) is 0.105. The van der Waals surface area contributed by atoms with Gasteiger partial charge in [-0.1, -0.05) is 146 Å². The molecule has 0 heterocycles. The summed E-state index contributed by atoms with van der Waals surface area (Å²) in [4.78, 5) is 41.9. The Bertz CT molecular complexity index is 1830. The summed E-state index contributed by atoms with van der Waals surface area (Å²) in [5.74, 6) is -1.30. The van der Waals surface area contributed by atoms with Crippen LogP contribution >= 0.6 is 25.0 Å². The minimum atomic E-state index is -0.957. The van der Waals surface area contributed by atoms with Crippen molar-refractivity contribution in [2.24, 2.45) is 5.73 Å². The van der Waals surface area contributed by atoms with Gasteiger partial charge < -0.3 is 20.7 Å². The molecule has 0 aliphatic carbocycles. The SMILES string of the molecule is NC(=S)c1ccc(C(=O)N(Cc2ccc(-c3ccccc3)cc2)C(Cc2ccc(-c3ccccc3)cc2)C(=O)NCC(=O)NS)cc1. The molecule has 236 valence electrons. The maximum Gasteiger partial charge on any atom is 0.254 e. The maximum atomic E-state index is 14.3. The second-order valence-electron chi connectivity index (χ2n) is 11.0. The lowest BCUT2D eigenvalue weighted by Crippen LogP contribution is -2.51. The zero-order chi connectivity index (χ0) is 33.2. The number of rotatable bonds is 12. The number of hydrogen-bond donors (Lipinski definition) is 4. The quantitative estimate of drug-likeness (QED) is 0.0975. The first-order valence-corrected chi connectivity index (χ1v) is 15.9. The highest BCUT2D eigenvalue weighted by Crippen LogP contribution is 2.24. The molecule has 9 heteroatoms. The Kier molecular flexibility index (Phi) is 11.2. The Morgan fingerprint density at radius 3 is 1.62 bits per heavy atom. The molecule has 0 aromatic heterocycles. The summed E-state index contributed by atoms with van der Waals surface area (Å²) in [6.07, 6.45) is 0.211. The minimum absolute atomic E-state index is 0.143. The molecule has 4 N–H and O–H groups in total. The number of nitrogens with one attached hydrogen (secondary N) is 2. The van der Waals surface area contributed by atoms with Crippen molar-refractivity contribution in [2.75, 3.05) is 6.54 Å². The lowest BCUT2D eigenvalue weighted by molar-refractivity contribution is -0.128. The summed E-state index contributed by atoms with van der Waals surface area (Å²) in [6.45, 7) is -0.147. The van der Waals surface area contributed by atoms with Crippen LogP contribution in [0, 0.1) is 0 Å². The monoisotopic (exact) mass is 658 g/mol. The molecule has 0 spiro atoms. The largest absolute Gasteiger partial charge is 0.389 e. The number of nitrogens with two attached hydrogens (primary N) is 1. The molecule has 5 aromatic rings. The van der Waals surface area contributed by atoms with Crippen LogP contribution in [0.15, 0.2) is 133 Å². The molecular formula is C38H34N4O3S2. The second kappa shape index (κ2) is 15.8. The van der Waals surface area contributed by atoms with Crippen molar-refractivity contribution < 1.29 is 14.4 Å². The molecule has 0 aliphatic heterocycles. The van der Waals surface area contributed by atoms with E-state index in [4.69, 9.17) is 18.0 Å². The van der Waals surface area contributed by atoms with Crippen LogP contribution in [0.1, 0.15) is 27.0 Å². The molecule has 1 atom stereocenters. The van der Waals surface area contributed by atoms with Crippen LogP contribution in [0.3, 0.4) is 0 Å². The number of carbonyl (C=O) groups excluding carboxylic acids is 3. The van der Waals surface area contributed by atoms with E-state index in [1.807, 2.05) is 109 Å². The number of carbonyl (C=O) groups is 3. The molecule has 0 radical (unpaired) electrons. The third kappa shape index (κ3) is 8.72. The highest BCUT2D eigenvalue weighted by atomic mass is 32.1. The topological polar surface area (TPSA) is 105 Å². The number of thiol groups is 1. The fourth-order valence-electron chi connectivity index (χ4n) is 5.25. The van der Waals surface area contributed by atoms with Gasteiger partial charge >= 0.3 is 0 Å². The number of thiocarbonyl (C=S) groups is 1. The van der Waals surface area contributed by atoms with E-state index in [-0.39, 0.29) is 30.4 Å². The summed E-state index contributed by atoms with van der Waals surface area (Å²) >= 11 is 8.90. The summed E-state index contributed by atoms with van der Waals surface area (Å²) in [5.41, 5.74) is 12.7. The van der Waals surface area contributed by atoms with Gasteiger partial charge in [-0.15, -0.1) is 0 Å². The zero-order valence-electron chi connectivity index (χ0n) is 25.5. The summed E-state index contributed by atoms with van der Waals surface area (Å²) < 4.78 is 2.22. The molecule has 7 nitrogen and oxygen atoms in total. The van der Waals surface area contributed by atoms with Crippen molar-refractivity contribution in [1.29, 1.82) is 0 Å². The summed E-state index contributed by atoms with van der Waals surface area (Å²) in [6, 6.07) is 41.5.